The SMILES string of the molecule is CN(C)C(=O)c1ccc(CN2CCn3c(C(=O)NCc4ccc(N)cn4)ccc3C23CC(F)(F)C3)cc1. The molecule has 0 atom stereocenters. The molecule has 37 heavy (non-hydrogen) atoms. The summed E-state index contributed by atoms with van der Waals surface area (Å²) in [7, 11) is 3.39. The number of alkyl halides is 2. The van der Waals surface area contributed by atoms with Gasteiger partial charge < -0.3 is 20.5 Å². The Labute approximate surface area is 214 Å². The van der Waals surface area contributed by atoms with Gasteiger partial charge in [-0.3, -0.25) is 19.5 Å². The van der Waals surface area contributed by atoms with Crippen LogP contribution in [0.3, 0.4) is 0 Å². The Morgan fingerprint density at radius 2 is 1.78 bits per heavy atom. The van der Waals surface area contributed by atoms with E-state index in [0.717, 1.165) is 11.3 Å². The number of benzene rings is 1. The van der Waals surface area contributed by atoms with Gasteiger partial charge in [-0.1, -0.05) is 12.1 Å². The van der Waals surface area contributed by atoms with Gasteiger partial charge in [-0.15, -0.1) is 0 Å². The number of fused-ring (bicyclic) bond motifs is 2. The summed E-state index contributed by atoms with van der Waals surface area (Å²) >= 11 is 0. The van der Waals surface area contributed by atoms with E-state index in [-0.39, 0.29) is 31.2 Å². The number of anilines is 1. The molecule has 3 aromatic rings. The largest absolute Gasteiger partial charge is 0.397 e. The van der Waals surface area contributed by atoms with Crippen molar-refractivity contribution in [3.63, 3.8) is 0 Å². The van der Waals surface area contributed by atoms with Crippen LogP contribution in [-0.4, -0.2) is 57.7 Å². The van der Waals surface area contributed by atoms with E-state index in [0.29, 0.717) is 42.3 Å². The molecule has 0 radical (unpaired) electrons. The predicted molar refractivity (Wildman–Crippen MR) is 135 cm³/mol. The topological polar surface area (TPSA) is 96.5 Å². The lowest BCUT2D eigenvalue weighted by molar-refractivity contribution is -0.192. The maximum absolute atomic E-state index is 14.3. The lowest BCUT2D eigenvalue weighted by Crippen LogP contribution is -2.63. The molecular formula is C27H30F2N6O2. The normalized spacial score (nSPS) is 17.6. The molecule has 1 aliphatic carbocycles. The van der Waals surface area contributed by atoms with E-state index in [1.807, 2.05) is 16.7 Å². The van der Waals surface area contributed by atoms with Gasteiger partial charge in [0.2, 0.25) is 0 Å². The van der Waals surface area contributed by atoms with Crippen LogP contribution in [0.5, 0.6) is 0 Å². The first-order chi connectivity index (χ1) is 17.6. The zero-order valence-electron chi connectivity index (χ0n) is 20.9. The first-order valence-electron chi connectivity index (χ1n) is 12.2. The van der Waals surface area contributed by atoms with E-state index >= 15 is 0 Å². The minimum absolute atomic E-state index is 0.0876. The van der Waals surface area contributed by atoms with Gasteiger partial charge in [0.25, 0.3) is 17.7 Å². The fourth-order valence-electron chi connectivity index (χ4n) is 5.38. The second kappa shape index (κ2) is 9.26. The number of aromatic nitrogens is 2. The monoisotopic (exact) mass is 508 g/mol. The second-order valence-electron chi connectivity index (χ2n) is 10.1. The van der Waals surface area contributed by atoms with Crippen LogP contribution in [0, 0.1) is 0 Å². The second-order valence-corrected chi connectivity index (χ2v) is 10.1. The third-order valence-electron chi connectivity index (χ3n) is 7.25. The van der Waals surface area contributed by atoms with Crippen LogP contribution in [0.25, 0.3) is 0 Å². The number of pyridine rings is 1. The van der Waals surface area contributed by atoms with Crippen molar-refractivity contribution < 1.29 is 18.4 Å². The summed E-state index contributed by atoms with van der Waals surface area (Å²) in [6, 6.07) is 14.3. The molecule has 3 heterocycles. The molecule has 0 saturated heterocycles. The molecule has 1 spiro atoms. The number of hydrogen-bond donors (Lipinski definition) is 2. The van der Waals surface area contributed by atoms with Crippen molar-refractivity contribution >= 4 is 17.5 Å². The highest BCUT2D eigenvalue weighted by molar-refractivity contribution is 5.94. The van der Waals surface area contributed by atoms with Crippen molar-refractivity contribution in [3.8, 4) is 0 Å². The van der Waals surface area contributed by atoms with Crippen LogP contribution in [0.4, 0.5) is 14.5 Å². The van der Waals surface area contributed by atoms with E-state index in [9.17, 15) is 18.4 Å². The van der Waals surface area contributed by atoms with Crippen molar-refractivity contribution in [1.82, 2.24) is 24.7 Å². The number of nitrogens with two attached hydrogens (primary N) is 1. The number of halogens is 2. The smallest absolute Gasteiger partial charge is 0.268 e. The highest BCUT2D eigenvalue weighted by Gasteiger charge is 2.62. The summed E-state index contributed by atoms with van der Waals surface area (Å²) in [6.07, 6.45) is 0.943. The summed E-state index contributed by atoms with van der Waals surface area (Å²) < 4.78 is 30.5. The van der Waals surface area contributed by atoms with Crippen LogP contribution < -0.4 is 11.1 Å². The molecule has 0 unspecified atom stereocenters. The molecule has 194 valence electrons. The van der Waals surface area contributed by atoms with Crippen molar-refractivity contribution in [2.75, 3.05) is 26.4 Å². The van der Waals surface area contributed by atoms with Crippen molar-refractivity contribution in [1.29, 1.82) is 0 Å². The van der Waals surface area contributed by atoms with Gasteiger partial charge in [-0.2, -0.15) is 0 Å². The Morgan fingerprint density at radius 1 is 1.05 bits per heavy atom. The van der Waals surface area contributed by atoms with Crippen LogP contribution in [0.1, 0.15) is 50.6 Å². The van der Waals surface area contributed by atoms with Gasteiger partial charge in [0.1, 0.15) is 5.69 Å². The summed E-state index contributed by atoms with van der Waals surface area (Å²) in [5, 5.41) is 2.87. The number of rotatable bonds is 6. The Morgan fingerprint density at radius 3 is 2.41 bits per heavy atom. The Hall–Kier alpha value is -3.79. The van der Waals surface area contributed by atoms with Gasteiger partial charge in [-0.05, 0) is 42.0 Å². The number of carbonyl (C=O) groups excluding carboxylic acids is 2. The summed E-state index contributed by atoms with van der Waals surface area (Å²) in [5.74, 6) is -3.12. The average molecular weight is 509 g/mol. The van der Waals surface area contributed by atoms with E-state index < -0.39 is 11.5 Å². The van der Waals surface area contributed by atoms with Crippen LogP contribution in [0.15, 0.2) is 54.7 Å². The fourth-order valence-corrected chi connectivity index (χ4v) is 5.38. The summed E-state index contributed by atoms with van der Waals surface area (Å²) in [5.41, 5.74) is 8.74. The molecule has 0 bridgehead atoms. The Bertz CT molecular complexity index is 1310. The molecule has 8 nitrogen and oxygen atoms in total. The highest BCUT2D eigenvalue weighted by atomic mass is 19.3. The molecule has 5 rings (SSSR count). The molecule has 2 amide bonds. The molecule has 1 fully saturated rings. The number of carbonyl (C=O) groups is 2. The number of nitrogens with zero attached hydrogens (tertiary/aromatic N) is 4. The third kappa shape index (κ3) is 4.69. The fraction of sp³-hybridized carbons (Fsp3) is 0.370. The van der Waals surface area contributed by atoms with Crippen molar-refractivity contribution in [3.05, 3.63) is 82.9 Å². The van der Waals surface area contributed by atoms with Crippen LogP contribution in [0.2, 0.25) is 0 Å². The molecule has 1 aromatic carbocycles. The Kier molecular flexibility index (Phi) is 6.23. The van der Waals surface area contributed by atoms with Gasteiger partial charge in [0, 0.05) is 57.8 Å². The average Bonchev–Trinajstić information content (AvgIpc) is 3.29. The van der Waals surface area contributed by atoms with Gasteiger partial charge >= 0.3 is 0 Å². The molecule has 1 saturated carbocycles. The predicted octanol–water partition coefficient (Wildman–Crippen LogP) is 3.24. The van der Waals surface area contributed by atoms with E-state index in [2.05, 4.69) is 15.2 Å². The number of hydrogen-bond acceptors (Lipinski definition) is 5. The van der Waals surface area contributed by atoms with E-state index in [4.69, 9.17) is 5.73 Å². The Balaban J connectivity index is 1.35. The molecular weight excluding hydrogens is 478 g/mol. The highest BCUT2D eigenvalue weighted by Crippen LogP contribution is 2.57. The third-order valence-corrected chi connectivity index (χ3v) is 7.25. The van der Waals surface area contributed by atoms with Crippen molar-refractivity contribution in [2.24, 2.45) is 0 Å². The molecule has 2 aliphatic rings. The van der Waals surface area contributed by atoms with Crippen molar-refractivity contribution in [2.45, 2.75) is 43.9 Å². The first kappa shape index (κ1) is 24.9. The lowest BCUT2D eigenvalue weighted by Gasteiger charge is -2.56. The van der Waals surface area contributed by atoms with Gasteiger partial charge in [0.05, 0.1) is 29.7 Å². The number of amides is 2. The zero-order chi connectivity index (χ0) is 26.4. The number of nitrogen functional groups attached to an aromatic ring is 1. The molecule has 10 heteroatoms. The quantitative estimate of drug-likeness (QED) is 0.533. The maximum atomic E-state index is 14.3. The maximum Gasteiger partial charge on any atom is 0.268 e. The summed E-state index contributed by atoms with van der Waals surface area (Å²) in [6.45, 7) is 1.75. The van der Waals surface area contributed by atoms with Gasteiger partial charge in [-0.25, -0.2) is 8.78 Å². The van der Waals surface area contributed by atoms with E-state index in [1.54, 1.807) is 50.5 Å². The standard InChI is InChI=1S/C27H30F2N6O2/c1-33(2)25(37)19-5-3-18(4-6-19)15-34-11-12-35-22(9-10-23(35)26(34)16-27(28,29)17-26)24(36)32-14-21-8-7-20(30)13-31-21/h3-10,13H,11-12,14-17,30H2,1-2H3,(H,32,36). The van der Waals surface area contributed by atoms with Crippen LogP contribution >= 0.6 is 0 Å². The van der Waals surface area contributed by atoms with E-state index in [1.165, 1.54) is 11.1 Å². The molecule has 3 N–H and O–H groups in total. The minimum Gasteiger partial charge on any atom is -0.397 e. The lowest BCUT2D eigenvalue weighted by atomic mass is 9.68. The summed E-state index contributed by atoms with van der Waals surface area (Å²) in [4.78, 5) is 33.0. The zero-order valence-corrected chi connectivity index (χ0v) is 20.9. The minimum atomic E-state index is -2.75. The first-order valence-corrected chi connectivity index (χ1v) is 12.2. The van der Waals surface area contributed by atoms with Gasteiger partial charge in [0.15, 0.2) is 0 Å². The molecule has 1 aliphatic heterocycles. The molecule has 2 aromatic heterocycles. The number of nitrogens with one attached hydrogen (secondary N) is 1. The van der Waals surface area contributed by atoms with Crippen LogP contribution in [-0.2, 0) is 25.2 Å².